The monoisotopic (exact) mass is 395 g/mol. The van der Waals surface area contributed by atoms with Crippen LogP contribution in [0.15, 0.2) is 42.5 Å². The number of aromatic nitrogens is 1. The Bertz CT molecular complexity index is 1030. The summed E-state index contributed by atoms with van der Waals surface area (Å²) in [5.41, 5.74) is 3.81. The summed E-state index contributed by atoms with van der Waals surface area (Å²) in [6.45, 7) is 5.63. The van der Waals surface area contributed by atoms with E-state index in [9.17, 15) is 9.18 Å². The van der Waals surface area contributed by atoms with E-state index in [2.05, 4.69) is 14.4 Å². The summed E-state index contributed by atoms with van der Waals surface area (Å²) in [5, 5.41) is 0.944. The predicted molar refractivity (Wildman–Crippen MR) is 114 cm³/mol. The van der Waals surface area contributed by atoms with Gasteiger partial charge < -0.3 is 14.2 Å². The van der Waals surface area contributed by atoms with E-state index in [4.69, 9.17) is 4.74 Å². The molecule has 1 aliphatic heterocycles. The van der Waals surface area contributed by atoms with E-state index in [1.165, 1.54) is 12.1 Å². The van der Waals surface area contributed by atoms with Gasteiger partial charge in [-0.3, -0.25) is 9.69 Å². The summed E-state index contributed by atoms with van der Waals surface area (Å²) in [5.74, 6) is 0.668. The van der Waals surface area contributed by atoms with Crippen LogP contribution in [-0.4, -0.2) is 55.1 Å². The lowest BCUT2D eigenvalue weighted by molar-refractivity contribution is 0.0927. The standard InChI is InChI=1S/C23H26FN3O2/c1-16-23(20-14-19(29-3)8-9-21(20)25(16)2)22(28)15-26-10-12-27(13-11-26)18-6-4-17(24)5-7-18/h4-9,14H,10-13,15H2,1-3H3. The number of piperazine rings is 1. The maximum atomic E-state index is 13.2. The first-order chi connectivity index (χ1) is 14.0. The minimum Gasteiger partial charge on any atom is -0.497 e. The van der Waals surface area contributed by atoms with Gasteiger partial charge in [-0.15, -0.1) is 0 Å². The number of ether oxygens (including phenoxy) is 1. The molecule has 152 valence electrons. The van der Waals surface area contributed by atoms with Crippen molar-refractivity contribution < 1.29 is 13.9 Å². The smallest absolute Gasteiger partial charge is 0.179 e. The van der Waals surface area contributed by atoms with Crippen LogP contribution in [0.25, 0.3) is 10.9 Å². The number of hydrogen-bond donors (Lipinski definition) is 0. The molecule has 2 heterocycles. The van der Waals surface area contributed by atoms with Crippen molar-refractivity contribution in [3.8, 4) is 5.75 Å². The van der Waals surface area contributed by atoms with Gasteiger partial charge in [0.25, 0.3) is 0 Å². The molecule has 0 spiro atoms. The summed E-state index contributed by atoms with van der Waals surface area (Å²) < 4.78 is 20.6. The molecule has 0 atom stereocenters. The van der Waals surface area contributed by atoms with Gasteiger partial charge in [0.1, 0.15) is 11.6 Å². The van der Waals surface area contributed by atoms with E-state index in [0.29, 0.717) is 6.54 Å². The van der Waals surface area contributed by atoms with Crippen LogP contribution in [0.3, 0.4) is 0 Å². The zero-order chi connectivity index (χ0) is 20.5. The Kier molecular flexibility index (Phi) is 5.28. The molecule has 1 aromatic heterocycles. The molecule has 4 rings (SSSR count). The van der Waals surface area contributed by atoms with Crippen molar-refractivity contribution in [1.82, 2.24) is 9.47 Å². The number of benzene rings is 2. The maximum absolute atomic E-state index is 13.2. The van der Waals surface area contributed by atoms with Crippen LogP contribution in [-0.2, 0) is 7.05 Å². The Labute approximate surface area is 170 Å². The Morgan fingerprint density at radius 1 is 1.07 bits per heavy atom. The summed E-state index contributed by atoms with van der Waals surface area (Å²) in [4.78, 5) is 17.6. The van der Waals surface area contributed by atoms with E-state index >= 15 is 0 Å². The normalized spacial score (nSPS) is 15.1. The molecule has 6 heteroatoms. The predicted octanol–water partition coefficient (Wildman–Crippen LogP) is 3.64. The van der Waals surface area contributed by atoms with E-state index in [-0.39, 0.29) is 11.6 Å². The lowest BCUT2D eigenvalue weighted by Gasteiger charge is -2.35. The van der Waals surface area contributed by atoms with Crippen molar-refractivity contribution in [2.45, 2.75) is 6.92 Å². The van der Waals surface area contributed by atoms with Gasteiger partial charge in [0.15, 0.2) is 5.78 Å². The minimum atomic E-state index is -0.222. The number of rotatable bonds is 5. The SMILES string of the molecule is COc1ccc2c(c1)c(C(=O)CN1CCN(c3ccc(F)cc3)CC1)c(C)n2C. The number of fused-ring (bicyclic) bond motifs is 1. The summed E-state index contributed by atoms with van der Waals surface area (Å²) in [6.07, 6.45) is 0. The van der Waals surface area contributed by atoms with Crippen LogP contribution in [0.5, 0.6) is 5.75 Å². The molecule has 0 saturated carbocycles. The molecule has 0 N–H and O–H groups in total. The van der Waals surface area contributed by atoms with Gasteiger partial charge in [-0.1, -0.05) is 0 Å². The molecule has 0 bridgehead atoms. The Morgan fingerprint density at radius 3 is 2.41 bits per heavy atom. The van der Waals surface area contributed by atoms with Crippen LogP contribution in [0.4, 0.5) is 10.1 Å². The average molecular weight is 395 g/mol. The molecule has 2 aromatic carbocycles. The fourth-order valence-electron chi connectivity index (χ4n) is 4.13. The minimum absolute atomic E-state index is 0.136. The first-order valence-corrected chi connectivity index (χ1v) is 9.87. The van der Waals surface area contributed by atoms with Gasteiger partial charge in [-0.05, 0) is 49.4 Å². The molecule has 5 nitrogen and oxygen atoms in total. The topological polar surface area (TPSA) is 37.7 Å². The van der Waals surface area contributed by atoms with Crippen LogP contribution in [0.2, 0.25) is 0 Å². The fraction of sp³-hybridized carbons (Fsp3) is 0.348. The van der Waals surface area contributed by atoms with E-state index in [0.717, 1.165) is 59.8 Å². The van der Waals surface area contributed by atoms with Crippen molar-refractivity contribution in [3.63, 3.8) is 0 Å². The number of nitrogens with zero attached hydrogens (tertiary/aromatic N) is 3. The zero-order valence-corrected chi connectivity index (χ0v) is 17.1. The second-order valence-corrected chi connectivity index (χ2v) is 7.57. The molecule has 0 aliphatic carbocycles. The van der Waals surface area contributed by atoms with Gasteiger partial charge in [0.2, 0.25) is 0 Å². The van der Waals surface area contributed by atoms with E-state index in [1.54, 1.807) is 7.11 Å². The number of ketones is 1. The van der Waals surface area contributed by atoms with Gasteiger partial charge in [0.05, 0.1) is 13.7 Å². The molecular weight excluding hydrogens is 369 g/mol. The number of halogens is 1. The van der Waals surface area contributed by atoms with Crippen molar-refractivity contribution in [3.05, 3.63) is 59.5 Å². The molecule has 1 aliphatic rings. The van der Waals surface area contributed by atoms with Crippen molar-refractivity contribution in [2.75, 3.05) is 44.7 Å². The average Bonchev–Trinajstić information content (AvgIpc) is 2.99. The fourth-order valence-corrected chi connectivity index (χ4v) is 4.13. The Balaban J connectivity index is 1.48. The number of carbonyl (C=O) groups excluding carboxylic acids is 1. The third-order valence-electron chi connectivity index (χ3n) is 5.91. The van der Waals surface area contributed by atoms with Crippen molar-refractivity contribution in [1.29, 1.82) is 0 Å². The lowest BCUT2D eigenvalue weighted by Crippen LogP contribution is -2.48. The largest absolute Gasteiger partial charge is 0.497 e. The number of anilines is 1. The molecule has 1 saturated heterocycles. The number of carbonyl (C=O) groups is 1. The summed E-state index contributed by atoms with van der Waals surface area (Å²) in [6, 6.07) is 12.5. The molecule has 3 aromatic rings. The number of aryl methyl sites for hydroxylation is 1. The first-order valence-electron chi connectivity index (χ1n) is 9.87. The lowest BCUT2D eigenvalue weighted by atomic mass is 10.1. The molecule has 29 heavy (non-hydrogen) atoms. The zero-order valence-electron chi connectivity index (χ0n) is 17.1. The molecule has 1 fully saturated rings. The Hall–Kier alpha value is -2.86. The number of hydrogen-bond acceptors (Lipinski definition) is 4. The summed E-state index contributed by atoms with van der Waals surface area (Å²) in [7, 11) is 3.63. The quantitative estimate of drug-likeness (QED) is 0.618. The second-order valence-electron chi connectivity index (χ2n) is 7.57. The second kappa shape index (κ2) is 7.87. The van der Waals surface area contributed by atoms with Gasteiger partial charge in [-0.2, -0.15) is 0 Å². The van der Waals surface area contributed by atoms with Crippen molar-refractivity contribution >= 4 is 22.4 Å². The number of methoxy groups -OCH3 is 1. The highest BCUT2D eigenvalue weighted by Crippen LogP contribution is 2.29. The van der Waals surface area contributed by atoms with E-state index < -0.39 is 0 Å². The van der Waals surface area contributed by atoms with Gasteiger partial charge in [-0.25, -0.2) is 4.39 Å². The van der Waals surface area contributed by atoms with Crippen molar-refractivity contribution in [2.24, 2.45) is 7.05 Å². The molecule has 0 amide bonds. The van der Waals surface area contributed by atoms with Crippen LogP contribution in [0.1, 0.15) is 16.1 Å². The van der Waals surface area contributed by atoms with E-state index in [1.807, 2.05) is 44.3 Å². The highest BCUT2D eigenvalue weighted by molar-refractivity contribution is 6.10. The molecule has 0 radical (unpaired) electrons. The highest BCUT2D eigenvalue weighted by Gasteiger charge is 2.24. The maximum Gasteiger partial charge on any atom is 0.179 e. The molecular formula is C23H26FN3O2. The highest BCUT2D eigenvalue weighted by atomic mass is 19.1. The first kappa shape index (κ1) is 19.5. The van der Waals surface area contributed by atoms with Crippen LogP contribution in [0, 0.1) is 12.7 Å². The Morgan fingerprint density at radius 2 is 1.76 bits per heavy atom. The van der Waals surface area contributed by atoms with Gasteiger partial charge >= 0.3 is 0 Å². The van der Waals surface area contributed by atoms with Crippen LogP contribution < -0.4 is 9.64 Å². The van der Waals surface area contributed by atoms with Crippen LogP contribution >= 0.6 is 0 Å². The third-order valence-corrected chi connectivity index (χ3v) is 5.91. The number of Topliss-reactive ketones (excluding diaryl/α,β-unsaturated/α-hetero) is 1. The third kappa shape index (κ3) is 3.72. The summed E-state index contributed by atoms with van der Waals surface area (Å²) >= 11 is 0. The van der Waals surface area contributed by atoms with Gasteiger partial charge in [0, 0.05) is 61.1 Å². The molecule has 0 unspecified atom stereocenters.